The fourth-order valence-corrected chi connectivity index (χ4v) is 3.51. The molecule has 0 unspecified atom stereocenters. The standard InChI is InChI=1S/C16H26N4O3/c1-2-22-16(21)20-9-7-19(8-10-20)15-4-3-6-18(13-15)12-14-5-11-23-17-14/h5,11,15H,2-4,6-10,12-13H2,1H3/t15-/m1/s1. The summed E-state index contributed by atoms with van der Waals surface area (Å²) in [4.78, 5) is 18.6. The van der Waals surface area contributed by atoms with Crippen LogP contribution in [0.2, 0.25) is 0 Å². The fraction of sp³-hybridized carbons (Fsp3) is 0.750. The van der Waals surface area contributed by atoms with Crippen LogP contribution in [0.3, 0.4) is 0 Å². The van der Waals surface area contributed by atoms with Crippen molar-refractivity contribution in [1.82, 2.24) is 19.9 Å². The minimum atomic E-state index is -0.177. The first kappa shape index (κ1) is 16.3. The summed E-state index contributed by atoms with van der Waals surface area (Å²) in [5.74, 6) is 0. The Hall–Kier alpha value is -1.60. The maximum absolute atomic E-state index is 11.8. The van der Waals surface area contributed by atoms with Gasteiger partial charge in [0, 0.05) is 51.4 Å². The van der Waals surface area contributed by atoms with Gasteiger partial charge in [0.2, 0.25) is 0 Å². The van der Waals surface area contributed by atoms with Crippen molar-refractivity contribution in [1.29, 1.82) is 0 Å². The van der Waals surface area contributed by atoms with E-state index < -0.39 is 0 Å². The van der Waals surface area contributed by atoms with Crippen molar-refractivity contribution in [3.8, 4) is 0 Å². The zero-order chi connectivity index (χ0) is 16.1. The number of nitrogens with zero attached hydrogens (tertiary/aromatic N) is 4. The van der Waals surface area contributed by atoms with Gasteiger partial charge in [-0.3, -0.25) is 9.80 Å². The minimum Gasteiger partial charge on any atom is -0.450 e. The van der Waals surface area contributed by atoms with Gasteiger partial charge in [0.25, 0.3) is 0 Å². The van der Waals surface area contributed by atoms with Crippen molar-refractivity contribution in [2.75, 3.05) is 45.9 Å². The van der Waals surface area contributed by atoms with Gasteiger partial charge in [-0.1, -0.05) is 5.16 Å². The maximum Gasteiger partial charge on any atom is 0.409 e. The molecular formula is C16H26N4O3. The van der Waals surface area contributed by atoms with Crippen LogP contribution in [0.5, 0.6) is 0 Å². The number of piperazine rings is 1. The number of hydrogen-bond acceptors (Lipinski definition) is 6. The molecule has 2 fully saturated rings. The van der Waals surface area contributed by atoms with Crippen molar-refractivity contribution < 1.29 is 14.1 Å². The van der Waals surface area contributed by atoms with Gasteiger partial charge in [0.1, 0.15) is 6.26 Å². The summed E-state index contributed by atoms with van der Waals surface area (Å²) < 4.78 is 10.00. The number of piperidine rings is 1. The van der Waals surface area contributed by atoms with Crippen molar-refractivity contribution in [2.45, 2.75) is 32.4 Å². The lowest BCUT2D eigenvalue weighted by Crippen LogP contribution is -2.55. The van der Waals surface area contributed by atoms with Gasteiger partial charge in [-0.25, -0.2) is 4.79 Å². The van der Waals surface area contributed by atoms with E-state index in [0.29, 0.717) is 12.6 Å². The molecule has 0 radical (unpaired) electrons. The van der Waals surface area contributed by atoms with E-state index in [-0.39, 0.29) is 6.09 Å². The quantitative estimate of drug-likeness (QED) is 0.835. The van der Waals surface area contributed by atoms with Crippen LogP contribution in [0.25, 0.3) is 0 Å². The van der Waals surface area contributed by atoms with Gasteiger partial charge in [-0.15, -0.1) is 0 Å². The number of hydrogen-bond donors (Lipinski definition) is 0. The minimum absolute atomic E-state index is 0.177. The van der Waals surface area contributed by atoms with Gasteiger partial charge in [-0.05, 0) is 26.3 Å². The van der Waals surface area contributed by atoms with Crippen molar-refractivity contribution in [2.24, 2.45) is 0 Å². The lowest BCUT2D eigenvalue weighted by molar-refractivity contribution is 0.0408. The normalized spacial score (nSPS) is 23.9. The Morgan fingerprint density at radius 3 is 2.87 bits per heavy atom. The van der Waals surface area contributed by atoms with E-state index in [2.05, 4.69) is 15.0 Å². The average Bonchev–Trinajstić information content (AvgIpc) is 3.08. The summed E-state index contributed by atoms with van der Waals surface area (Å²) in [5, 5.41) is 4.01. The molecule has 23 heavy (non-hydrogen) atoms. The summed E-state index contributed by atoms with van der Waals surface area (Å²) in [6.07, 6.45) is 3.89. The topological polar surface area (TPSA) is 62.1 Å². The lowest BCUT2D eigenvalue weighted by atomic mass is 10.0. The Morgan fingerprint density at radius 2 is 2.17 bits per heavy atom. The molecule has 0 aromatic carbocycles. The third-order valence-corrected chi connectivity index (χ3v) is 4.71. The molecule has 1 amide bonds. The predicted molar refractivity (Wildman–Crippen MR) is 85.0 cm³/mol. The molecule has 1 atom stereocenters. The van der Waals surface area contributed by atoms with Crippen LogP contribution in [0.15, 0.2) is 16.9 Å². The first-order valence-corrected chi connectivity index (χ1v) is 8.53. The average molecular weight is 322 g/mol. The molecule has 2 saturated heterocycles. The number of aromatic nitrogens is 1. The van der Waals surface area contributed by atoms with Crippen LogP contribution in [-0.2, 0) is 11.3 Å². The molecule has 0 bridgehead atoms. The molecule has 0 saturated carbocycles. The highest BCUT2D eigenvalue weighted by molar-refractivity contribution is 5.67. The Balaban J connectivity index is 1.47. The molecule has 1 aromatic heterocycles. The first-order valence-electron chi connectivity index (χ1n) is 8.53. The molecule has 7 nitrogen and oxygen atoms in total. The van der Waals surface area contributed by atoms with Crippen LogP contribution in [0.1, 0.15) is 25.5 Å². The van der Waals surface area contributed by atoms with E-state index in [0.717, 1.165) is 51.5 Å². The van der Waals surface area contributed by atoms with Gasteiger partial charge in [0.15, 0.2) is 0 Å². The molecule has 0 aliphatic carbocycles. The smallest absolute Gasteiger partial charge is 0.409 e. The predicted octanol–water partition coefficient (Wildman–Crippen LogP) is 1.41. The second kappa shape index (κ2) is 7.79. The highest BCUT2D eigenvalue weighted by Gasteiger charge is 2.29. The fourth-order valence-electron chi connectivity index (χ4n) is 3.51. The summed E-state index contributed by atoms with van der Waals surface area (Å²) in [7, 11) is 0. The van der Waals surface area contributed by atoms with Gasteiger partial charge >= 0.3 is 6.09 Å². The second-order valence-electron chi connectivity index (χ2n) is 6.24. The van der Waals surface area contributed by atoms with Crippen LogP contribution in [0.4, 0.5) is 4.79 Å². The zero-order valence-corrected chi connectivity index (χ0v) is 13.8. The number of ether oxygens (including phenoxy) is 1. The van der Waals surface area contributed by atoms with Gasteiger partial charge in [0.05, 0.1) is 12.3 Å². The van der Waals surface area contributed by atoms with Gasteiger partial charge in [-0.2, -0.15) is 0 Å². The van der Waals surface area contributed by atoms with E-state index in [9.17, 15) is 4.79 Å². The van der Waals surface area contributed by atoms with Crippen LogP contribution in [-0.4, -0.2) is 77.9 Å². The maximum atomic E-state index is 11.8. The number of carbonyl (C=O) groups is 1. The largest absolute Gasteiger partial charge is 0.450 e. The number of likely N-dealkylation sites (tertiary alicyclic amines) is 1. The Bertz CT molecular complexity index is 486. The van der Waals surface area contributed by atoms with Crippen molar-refractivity contribution in [3.05, 3.63) is 18.0 Å². The molecule has 3 heterocycles. The monoisotopic (exact) mass is 322 g/mol. The van der Waals surface area contributed by atoms with E-state index in [1.807, 2.05) is 17.9 Å². The number of amides is 1. The van der Waals surface area contributed by atoms with Crippen molar-refractivity contribution in [3.63, 3.8) is 0 Å². The van der Waals surface area contributed by atoms with E-state index in [1.54, 1.807) is 6.26 Å². The van der Waals surface area contributed by atoms with E-state index in [1.165, 1.54) is 12.8 Å². The highest BCUT2D eigenvalue weighted by Crippen LogP contribution is 2.19. The van der Waals surface area contributed by atoms with Crippen molar-refractivity contribution >= 4 is 6.09 Å². The molecule has 2 aliphatic rings. The lowest BCUT2D eigenvalue weighted by Gasteiger charge is -2.43. The number of carbonyl (C=O) groups excluding carboxylic acids is 1. The summed E-state index contributed by atoms with van der Waals surface area (Å²) in [5.41, 5.74) is 0.998. The van der Waals surface area contributed by atoms with Gasteiger partial charge < -0.3 is 14.2 Å². The van der Waals surface area contributed by atoms with Crippen LogP contribution in [0, 0.1) is 0 Å². The molecule has 128 valence electrons. The Kier molecular flexibility index (Phi) is 5.51. The highest BCUT2D eigenvalue weighted by atomic mass is 16.6. The molecule has 0 spiro atoms. The molecule has 1 aromatic rings. The third-order valence-electron chi connectivity index (χ3n) is 4.71. The van der Waals surface area contributed by atoms with Crippen LogP contribution < -0.4 is 0 Å². The zero-order valence-electron chi connectivity index (χ0n) is 13.8. The molecular weight excluding hydrogens is 296 g/mol. The molecule has 2 aliphatic heterocycles. The summed E-state index contributed by atoms with van der Waals surface area (Å²) >= 11 is 0. The Morgan fingerprint density at radius 1 is 1.35 bits per heavy atom. The van der Waals surface area contributed by atoms with E-state index >= 15 is 0 Å². The Labute approximate surface area is 137 Å². The molecule has 7 heteroatoms. The third kappa shape index (κ3) is 4.23. The first-order chi connectivity index (χ1) is 11.3. The van der Waals surface area contributed by atoms with Crippen LogP contribution >= 0.6 is 0 Å². The number of rotatable bonds is 4. The SMILES string of the molecule is CCOC(=O)N1CCN([C@@H]2CCCN(Cc3ccon3)C2)CC1. The molecule has 3 rings (SSSR count). The summed E-state index contributed by atoms with van der Waals surface area (Å²) in [6, 6.07) is 2.50. The van der Waals surface area contributed by atoms with E-state index in [4.69, 9.17) is 9.26 Å². The second-order valence-corrected chi connectivity index (χ2v) is 6.24. The molecule has 0 N–H and O–H groups in total. The summed E-state index contributed by atoms with van der Waals surface area (Å²) in [6.45, 7) is 8.71.